The number of hydrogen-bond acceptors (Lipinski definition) is 3. The Morgan fingerprint density at radius 3 is 2.83 bits per heavy atom. The zero-order valence-corrected chi connectivity index (χ0v) is 13.6. The van der Waals surface area contributed by atoms with Gasteiger partial charge in [-0.05, 0) is 52.7 Å². The van der Waals surface area contributed by atoms with Crippen molar-refractivity contribution in [3.05, 3.63) is 50.1 Å². The molecule has 0 spiro atoms. The SMILES string of the molecule is NC(CSc1cccc(Cl)c1)Cc1ccc(Br)s1. The molecule has 1 heterocycles. The third-order valence-electron chi connectivity index (χ3n) is 2.35. The summed E-state index contributed by atoms with van der Waals surface area (Å²) in [6, 6.07) is 12.2. The van der Waals surface area contributed by atoms with Crippen molar-refractivity contribution in [1.82, 2.24) is 0 Å². The van der Waals surface area contributed by atoms with Gasteiger partial charge in [-0.1, -0.05) is 17.7 Å². The maximum absolute atomic E-state index is 6.14. The van der Waals surface area contributed by atoms with Crippen molar-refractivity contribution in [2.24, 2.45) is 5.73 Å². The lowest BCUT2D eigenvalue weighted by molar-refractivity contribution is 0.757. The Labute approximate surface area is 129 Å². The van der Waals surface area contributed by atoms with Gasteiger partial charge in [0.15, 0.2) is 0 Å². The Hall–Kier alpha value is -0.0000000000000000833. The van der Waals surface area contributed by atoms with Gasteiger partial charge in [-0.3, -0.25) is 0 Å². The lowest BCUT2D eigenvalue weighted by Gasteiger charge is -2.10. The molecule has 1 nitrogen and oxygen atoms in total. The summed E-state index contributed by atoms with van der Waals surface area (Å²) in [7, 11) is 0. The van der Waals surface area contributed by atoms with E-state index in [2.05, 4.69) is 34.1 Å². The van der Waals surface area contributed by atoms with Crippen LogP contribution in [-0.4, -0.2) is 11.8 Å². The first-order chi connectivity index (χ1) is 8.63. The molecule has 0 saturated carbocycles. The Morgan fingerprint density at radius 1 is 1.33 bits per heavy atom. The fourth-order valence-electron chi connectivity index (χ4n) is 1.54. The molecule has 0 aliphatic heterocycles. The Bertz CT molecular complexity index is 515. The van der Waals surface area contributed by atoms with Gasteiger partial charge >= 0.3 is 0 Å². The van der Waals surface area contributed by atoms with E-state index in [4.69, 9.17) is 17.3 Å². The average molecular weight is 363 g/mol. The highest BCUT2D eigenvalue weighted by Crippen LogP contribution is 2.25. The summed E-state index contributed by atoms with van der Waals surface area (Å²) in [5.41, 5.74) is 6.14. The number of thiophene rings is 1. The van der Waals surface area contributed by atoms with Gasteiger partial charge in [0.1, 0.15) is 0 Å². The number of nitrogens with two attached hydrogens (primary N) is 1. The van der Waals surface area contributed by atoms with E-state index in [1.54, 1.807) is 23.1 Å². The van der Waals surface area contributed by atoms with Crippen LogP contribution in [0.4, 0.5) is 0 Å². The molecule has 0 aliphatic rings. The van der Waals surface area contributed by atoms with Crippen molar-refractivity contribution in [2.45, 2.75) is 17.4 Å². The standard InChI is InChI=1S/C13H13BrClNS2/c14-13-5-4-12(18-13)7-10(16)8-17-11-3-1-2-9(15)6-11/h1-6,10H,7-8,16H2. The topological polar surface area (TPSA) is 26.0 Å². The molecule has 2 aromatic rings. The van der Waals surface area contributed by atoms with Gasteiger partial charge in [-0.15, -0.1) is 23.1 Å². The first kappa shape index (κ1) is 14.4. The highest BCUT2D eigenvalue weighted by molar-refractivity contribution is 9.11. The van der Waals surface area contributed by atoms with Crippen LogP contribution in [-0.2, 0) is 6.42 Å². The van der Waals surface area contributed by atoms with Crippen LogP contribution in [0.2, 0.25) is 5.02 Å². The Balaban J connectivity index is 1.83. The van der Waals surface area contributed by atoms with Crippen molar-refractivity contribution in [3.63, 3.8) is 0 Å². The number of hydrogen-bond donors (Lipinski definition) is 1. The van der Waals surface area contributed by atoms with Crippen LogP contribution in [0.15, 0.2) is 45.1 Å². The smallest absolute Gasteiger partial charge is 0.0701 e. The molecule has 1 atom stereocenters. The van der Waals surface area contributed by atoms with Gasteiger partial charge in [0.05, 0.1) is 3.79 Å². The first-order valence-electron chi connectivity index (χ1n) is 5.51. The van der Waals surface area contributed by atoms with Crippen molar-refractivity contribution in [1.29, 1.82) is 0 Å². The summed E-state index contributed by atoms with van der Waals surface area (Å²) in [4.78, 5) is 2.49. The summed E-state index contributed by atoms with van der Waals surface area (Å²) in [6.07, 6.45) is 0.920. The molecule has 1 aromatic carbocycles. The van der Waals surface area contributed by atoms with Crippen LogP contribution in [0.3, 0.4) is 0 Å². The van der Waals surface area contributed by atoms with Crippen molar-refractivity contribution in [3.8, 4) is 0 Å². The predicted octanol–water partition coefficient (Wildman–Crippen LogP) is 4.83. The van der Waals surface area contributed by atoms with E-state index in [9.17, 15) is 0 Å². The highest BCUT2D eigenvalue weighted by Gasteiger charge is 2.07. The molecule has 1 unspecified atom stereocenters. The number of rotatable bonds is 5. The van der Waals surface area contributed by atoms with Crippen LogP contribution in [0.5, 0.6) is 0 Å². The molecular formula is C13H13BrClNS2. The number of thioether (sulfide) groups is 1. The highest BCUT2D eigenvalue weighted by atomic mass is 79.9. The predicted molar refractivity (Wildman–Crippen MR) is 85.9 cm³/mol. The maximum Gasteiger partial charge on any atom is 0.0701 e. The molecule has 0 saturated heterocycles. The molecule has 2 N–H and O–H groups in total. The monoisotopic (exact) mass is 361 g/mol. The van der Waals surface area contributed by atoms with Gasteiger partial charge in [0.25, 0.3) is 0 Å². The second-order valence-electron chi connectivity index (χ2n) is 3.94. The molecule has 1 aromatic heterocycles. The van der Waals surface area contributed by atoms with Crippen molar-refractivity contribution < 1.29 is 0 Å². The van der Waals surface area contributed by atoms with Crippen LogP contribution >= 0.6 is 50.6 Å². The van der Waals surface area contributed by atoms with Crippen LogP contribution < -0.4 is 5.73 Å². The summed E-state index contributed by atoms with van der Waals surface area (Å²) in [5, 5.41) is 0.774. The molecule has 18 heavy (non-hydrogen) atoms. The fraction of sp³-hybridized carbons (Fsp3) is 0.231. The maximum atomic E-state index is 6.14. The van der Waals surface area contributed by atoms with Gasteiger partial charge in [-0.2, -0.15) is 0 Å². The second kappa shape index (κ2) is 6.96. The summed E-state index contributed by atoms with van der Waals surface area (Å²) in [6.45, 7) is 0. The van der Waals surface area contributed by atoms with Crippen LogP contribution in [0.1, 0.15) is 4.88 Å². The van der Waals surface area contributed by atoms with Crippen LogP contribution in [0.25, 0.3) is 0 Å². The van der Waals surface area contributed by atoms with E-state index in [-0.39, 0.29) is 6.04 Å². The second-order valence-corrected chi connectivity index (χ2v) is 8.02. The average Bonchev–Trinajstić information content (AvgIpc) is 2.72. The minimum absolute atomic E-state index is 0.166. The molecule has 0 amide bonds. The lowest BCUT2D eigenvalue weighted by atomic mass is 10.2. The van der Waals surface area contributed by atoms with E-state index in [1.807, 2.05) is 18.2 Å². The molecular weight excluding hydrogens is 350 g/mol. The van der Waals surface area contributed by atoms with Gasteiger partial charge in [-0.25, -0.2) is 0 Å². The zero-order chi connectivity index (χ0) is 13.0. The first-order valence-corrected chi connectivity index (χ1v) is 8.49. The molecule has 2 rings (SSSR count). The molecule has 5 heteroatoms. The largest absolute Gasteiger partial charge is 0.327 e. The van der Waals surface area contributed by atoms with E-state index in [0.29, 0.717) is 0 Å². The van der Waals surface area contributed by atoms with Gasteiger partial charge < -0.3 is 5.73 Å². The van der Waals surface area contributed by atoms with E-state index in [1.165, 1.54) is 9.77 Å². The van der Waals surface area contributed by atoms with E-state index >= 15 is 0 Å². The summed E-state index contributed by atoms with van der Waals surface area (Å²) >= 11 is 12.9. The zero-order valence-electron chi connectivity index (χ0n) is 9.61. The Morgan fingerprint density at radius 2 is 2.17 bits per heavy atom. The normalized spacial score (nSPS) is 12.6. The molecule has 0 aliphatic carbocycles. The third kappa shape index (κ3) is 4.59. The third-order valence-corrected chi connectivity index (χ3v) is 5.42. The summed E-state index contributed by atoms with van der Waals surface area (Å²) < 4.78 is 1.16. The Kier molecular flexibility index (Phi) is 5.57. The molecule has 96 valence electrons. The molecule has 0 bridgehead atoms. The number of benzene rings is 1. The fourth-order valence-corrected chi connectivity index (χ4v) is 4.28. The van der Waals surface area contributed by atoms with Crippen molar-refractivity contribution >= 4 is 50.6 Å². The van der Waals surface area contributed by atoms with E-state index < -0.39 is 0 Å². The molecule has 0 radical (unpaired) electrons. The van der Waals surface area contributed by atoms with Crippen molar-refractivity contribution in [2.75, 3.05) is 5.75 Å². The minimum Gasteiger partial charge on any atom is -0.327 e. The van der Waals surface area contributed by atoms with Gasteiger partial charge in [0, 0.05) is 26.6 Å². The van der Waals surface area contributed by atoms with Gasteiger partial charge in [0.2, 0.25) is 0 Å². The summed E-state index contributed by atoms with van der Waals surface area (Å²) in [5.74, 6) is 0.899. The van der Waals surface area contributed by atoms with Crippen LogP contribution in [0, 0.1) is 0 Å². The quantitative estimate of drug-likeness (QED) is 0.771. The minimum atomic E-state index is 0.166. The molecule has 0 fully saturated rings. The number of halogens is 2. The lowest BCUT2D eigenvalue weighted by Crippen LogP contribution is -2.25. The van der Waals surface area contributed by atoms with E-state index in [0.717, 1.165) is 21.0 Å².